The molecule has 6 nitrogen and oxygen atoms in total. The van der Waals surface area contributed by atoms with E-state index in [1.807, 2.05) is 12.1 Å². The molecule has 0 aromatic heterocycles. The number of nitrogens with zero attached hydrogens (tertiary/aromatic N) is 1. The summed E-state index contributed by atoms with van der Waals surface area (Å²) in [5.41, 5.74) is 0.828. The van der Waals surface area contributed by atoms with Gasteiger partial charge >= 0.3 is 0 Å². The summed E-state index contributed by atoms with van der Waals surface area (Å²) < 4.78 is 32.0. The van der Waals surface area contributed by atoms with Gasteiger partial charge in [0.15, 0.2) is 0 Å². The molecule has 2 aliphatic rings. The van der Waals surface area contributed by atoms with Crippen molar-refractivity contribution in [2.45, 2.75) is 42.8 Å². The third-order valence-electron chi connectivity index (χ3n) is 5.32. The molecule has 3 rings (SSSR count). The van der Waals surface area contributed by atoms with Crippen LogP contribution in [0.15, 0.2) is 29.2 Å². The lowest BCUT2D eigenvalue weighted by Crippen LogP contribution is -2.50. The Bertz CT molecular complexity index is 672. The van der Waals surface area contributed by atoms with E-state index in [2.05, 4.69) is 10.6 Å². The highest BCUT2D eigenvalue weighted by Gasteiger charge is 2.34. The Morgan fingerprint density at radius 3 is 2.80 bits per heavy atom. The first kappa shape index (κ1) is 18.8. The predicted octanol–water partition coefficient (Wildman–Crippen LogP) is 1.18. The van der Waals surface area contributed by atoms with Crippen molar-refractivity contribution >= 4 is 10.0 Å². The molecule has 1 saturated carbocycles. The van der Waals surface area contributed by atoms with E-state index in [1.165, 1.54) is 17.1 Å². The van der Waals surface area contributed by atoms with E-state index in [0.29, 0.717) is 29.4 Å². The maximum Gasteiger partial charge on any atom is 0.242 e. The van der Waals surface area contributed by atoms with Gasteiger partial charge in [0.1, 0.15) is 0 Å². The lowest BCUT2D eigenvalue weighted by atomic mass is 9.94. The summed E-state index contributed by atoms with van der Waals surface area (Å²) in [6, 6.07) is 8.06. The number of rotatable bonds is 6. The van der Waals surface area contributed by atoms with Gasteiger partial charge in [-0.1, -0.05) is 24.6 Å². The largest absolute Gasteiger partial charge is 0.379 e. The summed E-state index contributed by atoms with van der Waals surface area (Å²) in [6.45, 7) is 3.04. The smallest absolute Gasteiger partial charge is 0.242 e. The molecule has 2 fully saturated rings. The molecule has 25 heavy (non-hydrogen) atoms. The molecule has 7 heteroatoms. The maximum absolute atomic E-state index is 12.5. The third-order valence-corrected chi connectivity index (χ3v) is 7.24. The van der Waals surface area contributed by atoms with Crippen molar-refractivity contribution in [1.29, 1.82) is 0 Å². The lowest BCUT2D eigenvalue weighted by Gasteiger charge is -2.33. The van der Waals surface area contributed by atoms with E-state index in [9.17, 15) is 8.42 Å². The minimum atomic E-state index is -3.43. The van der Waals surface area contributed by atoms with E-state index in [0.717, 1.165) is 31.7 Å². The number of ether oxygens (including phenoxy) is 1. The van der Waals surface area contributed by atoms with Crippen molar-refractivity contribution in [3.63, 3.8) is 0 Å². The monoisotopic (exact) mass is 367 g/mol. The molecule has 1 aromatic carbocycles. The standard InChI is InChI=1S/C18H29N3O3S/c1-21(2)25(22,23)18-9-4-3-6-14(18)12-20-16-8-5-7-15(16)17-13-24-11-10-19-17/h3-4,6,9,15-17,19-20H,5,7-8,10-13H2,1-2H3. The fourth-order valence-electron chi connectivity index (χ4n) is 3.92. The van der Waals surface area contributed by atoms with E-state index in [1.54, 1.807) is 26.2 Å². The summed E-state index contributed by atoms with van der Waals surface area (Å²) in [6.07, 6.45) is 3.53. The minimum Gasteiger partial charge on any atom is -0.379 e. The normalized spacial score (nSPS) is 27.7. The van der Waals surface area contributed by atoms with Gasteiger partial charge in [0.25, 0.3) is 0 Å². The highest BCUT2D eigenvalue weighted by Crippen LogP contribution is 2.30. The number of benzene rings is 1. The first-order valence-electron chi connectivity index (χ1n) is 9.05. The Balaban J connectivity index is 1.69. The van der Waals surface area contributed by atoms with Crippen molar-refractivity contribution in [1.82, 2.24) is 14.9 Å². The first-order chi connectivity index (χ1) is 12.0. The van der Waals surface area contributed by atoms with Crippen LogP contribution in [0.4, 0.5) is 0 Å². The number of morpholine rings is 1. The van der Waals surface area contributed by atoms with Crippen LogP contribution < -0.4 is 10.6 Å². The number of hydrogen-bond donors (Lipinski definition) is 2. The Morgan fingerprint density at radius 1 is 1.28 bits per heavy atom. The fourth-order valence-corrected chi connectivity index (χ4v) is 5.04. The number of nitrogens with one attached hydrogen (secondary N) is 2. The van der Waals surface area contributed by atoms with Crippen LogP contribution in [-0.2, 0) is 21.3 Å². The van der Waals surface area contributed by atoms with Crippen LogP contribution in [0.25, 0.3) is 0 Å². The highest BCUT2D eigenvalue weighted by molar-refractivity contribution is 7.89. The van der Waals surface area contributed by atoms with Gasteiger partial charge in [-0.25, -0.2) is 12.7 Å². The maximum atomic E-state index is 12.5. The van der Waals surface area contributed by atoms with Crippen LogP contribution in [0.1, 0.15) is 24.8 Å². The van der Waals surface area contributed by atoms with E-state index in [-0.39, 0.29) is 0 Å². The topological polar surface area (TPSA) is 70.7 Å². The van der Waals surface area contributed by atoms with Gasteiger partial charge in [-0.3, -0.25) is 0 Å². The number of hydrogen-bond acceptors (Lipinski definition) is 5. The van der Waals surface area contributed by atoms with Gasteiger partial charge in [0, 0.05) is 39.3 Å². The second-order valence-corrected chi connectivity index (χ2v) is 9.23. The quantitative estimate of drug-likeness (QED) is 0.790. The van der Waals surface area contributed by atoms with Gasteiger partial charge in [0.05, 0.1) is 18.1 Å². The van der Waals surface area contributed by atoms with Crippen molar-refractivity contribution in [2.75, 3.05) is 33.9 Å². The van der Waals surface area contributed by atoms with E-state index in [4.69, 9.17) is 4.74 Å². The SMILES string of the molecule is CN(C)S(=O)(=O)c1ccccc1CNC1CCCC1C1COCCN1. The van der Waals surface area contributed by atoms with Crippen LogP contribution in [0.5, 0.6) is 0 Å². The van der Waals surface area contributed by atoms with Crippen LogP contribution >= 0.6 is 0 Å². The summed E-state index contributed by atoms with van der Waals surface area (Å²) in [7, 11) is -0.285. The summed E-state index contributed by atoms with van der Waals surface area (Å²) >= 11 is 0. The Labute approximate surface area is 151 Å². The molecular weight excluding hydrogens is 338 g/mol. The summed E-state index contributed by atoms with van der Waals surface area (Å²) in [5, 5.41) is 7.19. The van der Waals surface area contributed by atoms with Crippen molar-refractivity contribution in [3.05, 3.63) is 29.8 Å². The molecule has 1 aliphatic carbocycles. The van der Waals surface area contributed by atoms with Gasteiger partial charge < -0.3 is 15.4 Å². The highest BCUT2D eigenvalue weighted by atomic mass is 32.2. The molecule has 1 aliphatic heterocycles. The van der Waals surface area contributed by atoms with Crippen LogP contribution in [0.2, 0.25) is 0 Å². The molecule has 1 heterocycles. The fraction of sp³-hybridized carbons (Fsp3) is 0.667. The molecule has 0 amide bonds. The van der Waals surface area contributed by atoms with E-state index < -0.39 is 10.0 Å². The molecule has 140 valence electrons. The average Bonchev–Trinajstić information content (AvgIpc) is 3.09. The van der Waals surface area contributed by atoms with E-state index >= 15 is 0 Å². The molecule has 2 N–H and O–H groups in total. The second-order valence-electron chi connectivity index (χ2n) is 7.11. The molecular formula is C18H29N3O3S. The molecule has 3 atom stereocenters. The Morgan fingerprint density at radius 2 is 2.08 bits per heavy atom. The Kier molecular flexibility index (Phi) is 6.12. The predicted molar refractivity (Wildman–Crippen MR) is 97.9 cm³/mol. The van der Waals surface area contributed by atoms with Crippen LogP contribution in [0, 0.1) is 5.92 Å². The minimum absolute atomic E-state index is 0.390. The average molecular weight is 368 g/mol. The van der Waals surface area contributed by atoms with Crippen molar-refractivity contribution in [3.8, 4) is 0 Å². The molecule has 0 radical (unpaired) electrons. The van der Waals surface area contributed by atoms with Gasteiger partial charge in [0.2, 0.25) is 10.0 Å². The van der Waals surface area contributed by atoms with Crippen molar-refractivity contribution in [2.24, 2.45) is 5.92 Å². The molecule has 3 unspecified atom stereocenters. The van der Waals surface area contributed by atoms with Gasteiger partial charge in [-0.05, 0) is 30.4 Å². The molecule has 0 bridgehead atoms. The molecule has 1 saturated heterocycles. The van der Waals surface area contributed by atoms with Gasteiger partial charge in [-0.15, -0.1) is 0 Å². The van der Waals surface area contributed by atoms with Gasteiger partial charge in [-0.2, -0.15) is 0 Å². The lowest BCUT2D eigenvalue weighted by molar-refractivity contribution is 0.0524. The zero-order chi connectivity index (χ0) is 17.9. The third kappa shape index (κ3) is 4.23. The second kappa shape index (κ2) is 8.14. The first-order valence-corrected chi connectivity index (χ1v) is 10.5. The summed E-state index contributed by atoms with van der Waals surface area (Å²) in [4.78, 5) is 0.390. The van der Waals surface area contributed by atoms with Crippen molar-refractivity contribution < 1.29 is 13.2 Å². The zero-order valence-corrected chi connectivity index (χ0v) is 15.9. The number of sulfonamides is 1. The van der Waals surface area contributed by atoms with Crippen LogP contribution in [-0.4, -0.2) is 58.7 Å². The van der Waals surface area contributed by atoms with Crippen LogP contribution in [0.3, 0.4) is 0 Å². The Hall–Kier alpha value is -0.990. The molecule has 0 spiro atoms. The molecule has 1 aromatic rings. The summed E-state index contributed by atoms with van der Waals surface area (Å²) in [5.74, 6) is 0.540. The zero-order valence-electron chi connectivity index (χ0n) is 15.1.